The molecule has 1 fully saturated rings. The number of fused-ring (bicyclic) bond motifs is 2. The largest absolute Gasteiger partial charge is 0.451 e. The van der Waals surface area contributed by atoms with E-state index in [1.54, 1.807) is 16.2 Å². The first kappa shape index (κ1) is 21.1. The number of ether oxygens (including phenoxy) is 1. The summed E-state index contributed by atoms with van der Waals surface area (Å²) < 4.78 is 12.5. The molecule has 2 aromatic carbocycles. The van der Waals surface area contributed by atoms with Crippen LogP contribution < -0.4 is 4.90 Å². The number of benzene rings is 2. The highest BCUT2D eigenvalue weighted by molar-refractivity contribution is 7.22. The van der Waals surface area contributed by atoms with E-state index in [2.05, 4.69) is 24.0 Å². The van der Waals surface area contributed by atoms with Gasteiger partial charge in [0.15, 0.2) is 10.9 Å². The second-order valence-electron chi connectivity index (χ2n) is 8.06. The van der Waals surface area contributed by atoms with Gasteiger partial charge in [-0.1, -0.05) is 42.5 Å². The Balaban J connectivity index is 1.42. The number of carbonyl (C=O) groups excluding carboxylic acids is 1. The fourth-order valence-electron chi connectivity index (χ4n) is 4.07. The van der Waals surface area contributed by atoms with Gasteiger partial charge in [-0.15, -0.1) is 0 Å². The summed E-state index contributed by atoms with van der Waals surface area (Å²) in [7, 11) is 0. The van der Waals surface area contributed by atoms with Crippen molar-refractivity contribution in [3.05, 3.63) is 59.9 Å². The van der Waals surface area contributed by atoms with Crippen molar-refractivity contribution >= 4 is 43.6 Å². The molecule has 0 spiro atoms. The van der Waals surface area contributed by atoms with Gasteiger partial charge >= 0.3 is 0 Å². The molecule has 2 aromatic heterocycles. The number of nitrogens with zero attached hydrogens (tertiary/aromatic N) is 3. The number of aryl methyl sites for hydroxylation is 1. The summed E-state index contributed by atoms with van der Waals surface area (Å²) in [6.45, 7) is 7.10. The van der Waals surface area contributed by atoms with Gasteiger partial charge in [-0.2, -0.15) is 0 Å². The molecular formula is C25H27N3O3S. The lowest BCUT2D eigenvalue weighted by molar-refractivity contribution is 0.0376. The number of amides is 1. The third kappa shape index (κ3) is 4.41. The molecule has 1 amide bonds. The molecule has 166 valence electrons. The van der Waals surface area contributed by atoms with Crippen molar-refractivity contribution in [1.82, 2.24) is 9.88 Å². The maximum Gasteiger partial charge on any atom is 0.295 e. The predicted molar refractivity (Wildman–Crippen MR) is 129 cm³/mol. The molecule has 0 unspecified atom stereocenters. The summed E-state index contributed by atoms with van der Waals surface area (Å²) in [6, 6.07) is 15.9. The van der Waals surface area contributed by atoms with Crippen LogP contribution in [0, 0.1) is 0 Å². The maximum atomic E-state index is 13.6. The maximum absolute atomic E-state index is 13.6. The number of hydrogen-bond acceptors (Lipinski definition) is 6. The van der Waals surface area contributed by atoms with Gasteiger partial charge in [0.05, 0.1) is 23.4 Å². The zero-order chi connectivity index (χ0) is 21.9. The second-order valence-corrected chi connectivity index (χ2v) is 9.07. The Morgan fingerprint density at radius 1 is 1.16 bits per heavy atom. The lowest BCUT2D eigenvalue weighted by Crippen LogP contribution is -2.39. The molecule has 6 nitrogen and oxygen atoms in total. The molecule has 0 bridgehead atoms. The zero-order valence-corrected chi connectivity index (χ0v) is 19.1. The quantitative estimate of drug-likeness (QED) is 0.399. The Morgan fingerprint density at radius 2 is 2.00 bits per heavy atom. The molecular weight excluding hydrogens is 422 g/mol. The summed E-state index contributed by atoms with van der Waals surface area (Å²) in [5.41, 5.74) is 2.92. The molecule has 0 atom stereocenters. The molecule has 3 heterocycles. The van der Waals surface area contributed by atoms with Crippen LogP contribution in [0.5, 0.6) is 0 Å². The summed E-state index contributed by atoms with van der Waals surface area (Å²) in [5, 5.41) is 1.65. The van der Waals surface area contributed by atoms with Gasteiger partial charge < -0.3 is 9.15 Å². The van der Waals surface area contributed by atoms with Gasteiger partial charge in [-0.3, -0.25) is 14.6 Å². The Bertz CT molecular complexity index is 1190. The fraction of sp³-hybridized carbons (Fsp3) is 0.360. The topological polar surface area (TPSA) is 58.8 Å². The smallest absolute Gasteiger partial charge is 0.295 e. The minimum absolute atomic E-state index is 0.141. The van der Waals surface area contributed by atoms with Crippen LogP contribution in [0.4, 0.5) is 5.13 Å². The molecule has 1 aliphatic heterocycles. The van der Waals surface area contributed by atoms with Crippen molar-refractivity contribution in [2.45, 2.75) is 19.8 Å². The molecule has 1 saturated heterocycles. The van der Waals surface area contributed by atoms with Crippen LogP contribution in [0.2, 0.25) is 0 Å². The van der Waals surface area contributed by atoms with E-state index in [4.69, 9.17) is 14.1 Å². The summed E-state index contributed by atoms with van der Waals surface area (Å²) in [6.07, 6.45) is 1.84. The molecule has 5 rings (SSSR count). The molecule has 32 heavy (non-hydrogen) atoms. The summed E-state index contributed by atoms with van der Waals surface area (Å²) in [5.74, 6) is 0.212. The Hall–Kier alpha value is -2.74. The van der Waals surface area contributed by atoms with Crippen molar-refractivity contribution in [1.29, 1.82) is 0 Å². The van der Waals surface area contributed by atoms with Crippen LogP contribution in [0.25, 0.3) is 21.2 Å². The number of para-hydroxylation sites is 1. The monoisotopic (exact) mass is 449 g/mol. The first-order valence-corrected chi connectivity index (χ1v) is 12.0. The van der Waals surface area contributed by atoms with Gasteiger partial charge in [0, 0.05) is 31.6 Å². The van der Waals surface area contributed by atoms with E-state index in [9.17, 15) is 4.79 Å². The lowest BCUT2D eigenvalue weighted by atomic mass is 10.2. The normalized spacial score (nSPS) is 14.9. The van der Waals surface area contributed by atoms with Gasteiger partial charge in [-0.25, -0.2) is 4.98 Å². The number of rotatable bonds is 7. The van der Waals surface area contributed by atoms with E-state index in [1.807, 2.05) is 36.4 Å². The first-order chi connectivity index (χ1) is 15.7. The number of furan rings is 1. The van der Waals surface area contributed by atoms with Crippen LogP contribution in [0.1, 0.15) is 29.5 Å². The molecule has 0 aliphatic carbocycles. The molecule has 0 N–H and O–H groups in total. The molecule has 0 radical (unpaired) electrons. The SMILES string of the molecule is CCc1ccc2nc(N(CCCN3CCOCC3)C(=O)c3cc4ccccc4o3)sc2c1. The molecule has 4 aromatic rings. The second kappa shape index (κ2) is 9.40. The van der Waals surface area contributed by atoms with Gasteiger partial charge in [0.1, 0.15) is 5.58 Å². The number of anilines is 1. The van der Waals surface area contributed by atoms with Crippen LogP contribution in [-0.4, -0.2) is 55.2 Å². The minimum atomic E-state index is -0.141. The molecule has 7 heteroatoms. The lowest BCUT2D eigenvalue weighted by Gasteiger charge is -2.27. The highest BCUT2D eigenvalue weighted by atomic mass is 32.1. The number of morpholine rings is 1. The highest BCUT2D eigenvalue weighted by Gasteiger charge is 2.24. The van der Waals surface area contributed by atoms with Gasteiger partial charge in [0.25, 0.3) is 5.91 Å². The van der Waals surface area contributed by atoms with Crippen molar-refractivity contribution in [3.8, 4) is 0 Å². The van der Waals surface area contributed by atoms with Crippen LogP contribution in [0.15, 0.2) is 52.9 Å². The van der Waals surface area contributed by atoms with E-state index >= 15 is 0 Å². The van der Waals surface area contributed by atoms with E-state index in [0.29, 0.717) is 12.3 Å². The fourth-order valence-corrected chi connectivity index (χ4v) is 5.13. The van der Waals surface area contributed by atoms with Gasteiger partial charge in [0.2, 0.25) is 0 Å². The van der Waals surface area contributed by atoms with Crippen molar-refractivity contribution in [2.24, 2.45) is 0 Å². The number of aromatic nitrogens is 1. The number of carbonyl (C=O) groups is 1. The predicted octanol–water partition coefficient (Wildman–Crippen LogP) is 4.97. The Kier molecular flexibility index (Phi) is 6.21. The zero-order valence-electron chi connectivity index (χ0n) is 18.3. The highest BCUT2D eigenvalue weighted by Crippen LogP contribution is 2.31. The third-order valence-electron chi connectivity index (χ3n) is 5.92. The standard InChI is InChI=1S/C25H27N3O3S/c1-2-18-8-9-20-23(16-18)32-25(26-20)28(11-5-10-27-12-14-30-15-13-27)24(29)22-17-19-6-3-4-7-21(19)31-22/h3-4,6-9,16-17H,2,5,10-15H2,1H3. The number of thiazole rings is 1. The first-order valence-electron chi connectivity index (χ1n) is 11.2. The van der Waals surface area contributed by atoms with Crippen molar-refractivity contribution in [3.63, 3.8) is 0 Å². The van der Waals surface area contributed by atoms with Gasteiger partial charge in [-0.05, 0) is 42.7 Å². The molecule has 0 saturated carbocycles. The van der Waals surface area contributed by atoms with Crippen molar-refractivity contribution < 1.29 is 13.9 Å². The van der Waals surface area contributed by atoms with Crippen molar-refractivity contribution in [2.75, 3.05) is 44.3 Å². The third-order valence-corrected chi connectivity index (χ3v) is 6.96. The van der Waals surface area contributed by atoms with Crippen LogP contribution in [-0.2, 0) is 11.2 Å². The van der Waals surface area contributed by atoms with E-state index in [1.165, 1.54) is 5.56 Å². The minimum Gasteiger partial charge on any atom is -0.451 e. The average Bonchev–Trinajstić information content (AvgIpc) is 3.45. The van der Waals surface area contributed by atoms with Crippen LogP contribution in [0.3, 0.4) is 0 Å². The van der Waals surface area contributed by atoms with Crippen LogP contribution >= 0.6 is 11.3 Å². The van der Waals surface area contributed by atoms with E-state index in [-0.39, 0.29) is 5.91 Å². The average molecular weight is 450 g/mol. The Labute approximate surface area is 191 Å². The van der Waals surface area contributed by atoms with E-state index < -0.39 is 0 Å². The Morgan fingerprint density at radius 3 is 2.81 bits per heavy atom. The summed E-state index contributed by atoms with van der Waals surface area (Å²) >= 11 is 1.57. The van der Waals surface area contributed by atoms with E-state index in [0.717, 1.165) is 72.0 Å². The number of hydrogen-bond donors (Lipinski definition) is 0. The molecule has 1 aliphatic rings. The summed E-state index contributed by atoms with van der Waals surface area (Å²) in [4.78, 5) is 22.5.